The molecule has 3 N–H and O–H groups in total. The van der Waals surface area contributed by atoms with Crippen molar-refractivity contribution in [3.05, 3.63) is 30.1 Å². The van der Waals surface area contributed by atoms with Crippen molar-refractivity contribution in [2.24, 2.45) is 11.8 Å². The molecule has 0 unspecified atom stereocenters. The summed E-state index contributed by atoms with van der Waals surface area (Å²) in [6, 6.07) is 6.24. The summed E-state index contributed by atoms with van der Waals surface area (Å²) in [5, 5.41) is 3.62. The van der Waals surface area contributed by atoms with Crippen molar-refractivity contribution >= 4 is 23.2 Å². The van der Waals surface area contributed by atoms with E-state index in [2.05, 4.69) is 30.0 Å². The smallest absolute Gasteiger partial charge is 0.276 e. The fourth-order valence-corrected chi connectivity index (χ4v) is 3.06. The van der Waals surface area contributed by atoms with E-state index in [1.54, 1.807) is 12.1 Å². The summed E-state index contributed by atoms with van der Waals surface area (Å²) >= 11 is 5.21. The van der Waals surface area contributed by atoms with Crippen molar-refractivity contribution in [1.82, 2.24) is 16.2 Å². The van der Waals surface area contributed by atoms with E-state index < -0.39 is 11.7 Å². The zero-order chi connectivity index (χ0) is 17.5. The molecule has 1 saturated carbocycles. The van der Waals surface area contributed by atoms with Gasteiger partial charge in [0, 0.05) is 6.04 Å². The van der Waals surface area contributed by atoms with E-state index in [1.807, 2.05) is 0 Å². The van der Waals surface area contributed by atoms with E-state index in [-0.39, 0.29) is 12.4 Å². The van der Waals surface area contributed by atoms with Gasteiger partial charge in [-0.1, -0.05) is 38.8 Å². The van der Waals surface area contributed by atoms with Gasteiger partial charge in [0.05, 0.1) is 0 Å². The summed E-state index contributed by atoms with van der Waals surface area (Å²) < 4.78 is 18.5. The maximum absolute atomic E-state index is 13.4. The summed E-state index contributed by atoms with van der Waals surface area (Å²) in [6.45, 7) is 4.16. The second kappa shape index (κ2) is 8.82. The molecule has 0 heterocycles. The fourth-order valence-electron chi connectivity index (χ4n) is 2.86. The van der Waals surface area contributed by atoms with Gasteiger partial charge in [-0.3, -0.25) is 15.6 Å². The lowest BCUT2D eigenvalue weighted by Gasteiger charge is -2.35. The first-order valence-corrected chi connectivity index (χ1v) is 8.61. The van der Waals surface area contributed by atoms with Crippen molar-refractivity contribution in [3.8, 4) is 5.75 Å². The monoisotopic (exact) mass is 353 g/mol. The maximum Gasteiger partial charge on any atom is 0.276 e. The minimum Gasteiger partial charge on any atom is -0.481 e. The molecule has 1 aliphatic rings. The number of ether oxygens (including phenoxy) is 1. The predicted molar refractivity (Wildman–Crippen MR) is 94.9 cm³/mol. The van der Waals surface area contributed by atoms with Crippen molar-refractivity contribution in [2.45, 2.75) is 39.2 Å². The topological polar surface area (TPSA) is 62.4 Å². The van der Waals surface area contributed by atoms with Crippen LogP contribution in [-0.2, 0) is 4.79 Å². The Morgan fingerprint density at radius 2 is 2.04 bits per heavy atom. The number of hydrazine groups is 1. The number of para-hydroxylation sites is 1. The van der Waals surface area contributed by atoms with E-state index in [0.717, 1.165) is 6.42 Å². The summed E-state index contributed by atoms with van der Waals surface area (Å²) in [6.07, 6.45) is 3.48. The van der Waals surface area contributed by atoms with Gasteiger partial charge in [-0.2, -0.15) is 0 Å². The van der Waals surface area contributed by atoms with Gasteiger partial charge in [-0.15, -0.1) is 0 Å². The molecule has 0 saturated heterocycles. The first kappa shape index (κ1) is 18.4. The van der Waals surface area contributed by atoms with Gasteiger partial charge in [-0.25, -0.2) is 4.39 Å². The number of hydrogen-bond acceptors (Lipinski definition) is 3. The van der Waals surface area contributed by atoms with Gasteiger partial charge in [-0.05, 0) is 42.6 Å². The highest BCUT2D eigenvalue weighted by Crippen LogP contribution is 2.29. The first-order chi connectivity index (χ1) is 11.5. The van der Waals surface area contributed by atoms with Gasteiger partial charge in [0.1, 0.15) is 0 Å². The Hall–Kier alpha value is -1.89. The quantitative estimate of drug-likeness (QED) is 0.574. The third kappa shape index (κ3) is 5.33. The van der Waals surface area contributed by atoms with Crippen LogP contribution >= 0.6 is 12.2 Å². The van der Waals surface area contributed by atoms with Crippen molar-refractivity contribution in [2.75, 3.05) is 6.61 Å². The molecule has 1 aromatic carbocycles. The number of benzene rings is 1. The standard InChI is InChI=1S/C17H24FN3O2S/c1-11-6-5-8-14(12(11)2)19-17(24)21-20-16(22)10-23-15-9-4-3-7-13(15)18/h3-4,7,9,11-12,14H,5-6,8,10H2,1-2H3,(H,20,22)(H2,19,21,24)/t11-,12-,14-/m1/s1. The highest BCUT2D eigenvalue weighted by molar-refractivity contribution is 7.80. The molecular weight excluding hydrogens is 329 g/mol. The predicted octanol–water partition coefficient (Wildman–Crippen LogP) is 2.52. The number of hydrogen-bond donors (Lipinski definition) is 3. The summed E-state index contributed by atoms with van der Waals surface area (Å²) in [5.74, 6) is 0.281. The van der Waals surface area contributed by atoms with Crippen LogP contribution in [0.5, 0.6) is 5.75 Å². The molecule has 0 bridgehead atoms. The molecule has 0 radical (unpaired) electrons. The van der Waals surface area contributed by atoms with Crippen LogP contribution in [0.2, 0.25) is 0 Å². The first-order valence-electron chi connectivity index (χ1n) is 8.20. The third-order valence-electron chi connectivity index (χ3n) is 4.53. The van der Waals surface area contributed by atoms with Gasteiger partial charge in [0.15, 0.2) is 23.3 Å². The molecule has 132 valence electrons. The Kier molecular flexibility index (Phi) is 6.78. The average Bonchev–Trinajstić information content (AvgIpc) is 2.56. The zero-order valence-electron chi connectivity index (χ0n) is 14.0. The number of halogens is 1. The van der Waals surface area contributed by atoms with Crippen LogP contribution in [0.15, 0.2) is 24.3 Å². The van der Waals surface area contributed by atoms with E-state index in [9.17, 15) is 9.18 Å². The third-order valence-corrected chi connectivity index (χ3v) is 4.75. The number of carbonyl (C=O) groups is 1. The van der Waals surface area contributed by atoms with Crippen LogP contribution in [0.3, 0.4) is 0 Å². The number of rotatable bonds is 4. The highest BCUT2D eigenvalue weighted by Gasteiger charge is 2.27. The molecule has 24 heavy (non-hydrogen) atoms. The maximum atomic E-state index is 13.4. The molecule has 1 aromatic rings. The van der Waals surface area contributed by atoms with E-state index >= 15 is 0 Å². The summed E-state index contributed by atoms with van der Waals surface area (Å²) in [7, 11) is 0. The Bertz CT molecular complexity index is 585. The Balaban J connectivity index is 1.69. The molecule has 7 heteroatoms. The molecule has 0 aliphatic heterocycles. The fraction of sp³-hybridized carbons (Fsp3) is 0.529. The lowest BCUT2D eigenvalue weighted by atomic mass is 9.78. The number of thiocarbonyl (C=S) groups is 1. The van der Waals surface area contributed by atoms with Crippen molar-refractivity contribution < 1.29 is 13.9 Å². The second-order valence-corrected chi connectivity index (χ2v) is 6.65. The average molecular weight is 353 g/mol. The van der Waals surface area contributed by atoms with Crippen LogP contribution in [0, 0.1) is 17.7 Å². The van der Waals surface area contributed by atoms with E-state index in [0.29, 0.717) is 23.0 Å². The molecule has 1 amide bonds. The van der Waals surface area contributed by atoms with Crippen LogP contribution in [0.4, 0.5) is 4.39 Å². The lowest BCUT2D eigenvalue weighted by Crippen LogP contribution is -2.53. The summed E-state index contributed by atoms with van der Waals surface area (Å²) in [5.41, 5.74) is 5.11. The van der Waals surface area contributed by atoms with E-state index in [1.165, 1.54) is 25.0 Å². The Morgan fingerprint density at radius 1 is 1.29 bits per heavy atom. The lowest BCUT2D eigenvalue weighted by molar-refractivity contribution is -0.123. The van der Waals surface area contributed by atoms with E-state index in [4.69, 9.17) is 17.0 Å². The Labute approximate surface area is 147 Å². The molecule has 0 aromatic heterocycles. The molecule has 0 spiro atoms. The molecular formula is C17H24FN3O2S. The number of amides is 1. The van der Waals surface area contributed by atoms with Gasteiger partial charge >= 0.3 is 0 Å². The van der Waals surface area contributed by atoms with Crippen LogP contribution < -0.4 is 20.9 Å². The minimum absolute atomic E-state index is 0.0402. The SMILES string of the molecule is C[C@@H]1[C@H](C)CCC[C@H]1NC(=S)NNC(=O)COc1ccccc1F. The Morgan fingerprint density at radius 3 is 2.79 bits per heavy atom. The van der Waals surface area contributed by atoms with Gasteiger partial charge < -0.3 is 10.1 Å². The molecule has 1 fully saturated rings. The van der Waals surface area contributed by atoms with Gasteiger partial charge in [0.2, 0.25) is 0 Å². The molecule has 2 rings (SSSR count). The number of nitrogens with one attached hydrogen (secondary N) is 3. The normalized spacial score (nSPS) is 23.2. The van der Waals surface area contributed by atoms with Crippen LogP contribution in [0.25, 0.3) is 0 Å². The minimum atomic E-state index is -0.504. The van der Waals surface area contributed by atoms with Crippen molar-refractivity contribution in [1.29, 1.82) is 0 Å². The summed E-state index contributed by atoms with van der Waals surface area (Å²) in [4.78, 5) is 11.7. The zero-order valence-corrected chi connectivity index (χ0v) is 14.8. The molecule has 5 nitrogen and oxygen atoms in total. The second-order valence-electron chi connectivity index (χ2n) is 6.24. The number of carbonyl (C=O) groups excluding carboxylic acids is 1. The molecule has 3 atom stereocenters. The largest absolute Gasteiger partial charge is 0.481 e. The van der Waals surface area contributed by atoms with Crippen molar-refractivity contribution in [3.63, 3.8) is 0 Å². The van der Waals surface area contributed by atoms with Crippen LogP contribution in [-0.4, -0.2) is 23.7 Å². The highest BCUT2D eigenvalue weighted by atomic mass is 32.1. The van der Waals surface area contributed by atoms with Crippen LogP contribution in [0.1, 0.15) is 33.1 Å². The molecule has 1 aliphatic carbocycles. The van der Waals surface area contributed by atoms with Gasteiger partial charge in [0.25, 0.3) is 5.91 Å².